The number of anilines is 3. The highest BCUT2D eigenvalue weighted by Gasteiger charge is 2.41. The van der Waals surface area contributed by atoms with Gasteiger partial charge in [0.15, 0.2) is 0 Å². The molecule has 310 valence electrons. The van der Waals surface area contributed by atoms with Crippen molar-refractivity contribution < 1.29 is 0 Å². The van der Waals surface area contributed by atoms with E-state index in [4.69, 9.17) is 0 Å². The molecule has 9 aromatic carbocycles. The van der Waals surface area contributed by atoms with Crippen molar-refractivity contribution >= 4 is 27.8 Å². The van der Waals surface area contributed by atoms with Crippen LogP contribution in [0.2, 0.25) is 0 Å². The summed E-state index contributed by atoms with van der Waals surface area (Å²) in [5.74, 6) is 0.584. The van der Waals surface area contributed by atoms with E-state index in [1.807, 2.05) is 0 Å². The van der Waals surface area contributed by atoms with Crippen LogP contribution in [0.3, 0.4) is 0 Å². The Morgan fingerprint density at radius 2 is 1.02 bits per heavy atom. The SMILES string of the molecule is CC1(C)c2ccccc2-c2c(-c3ccc(N(c4ccc5c(c4)C(C)(c4ccccc4)c4ccccc4-5)c4ccccc4-c4cccc5cccc(C6CCCCC6)c45)cc3)cccc21. The third-order valence-corrected chi connectivity index (χ3v) is 15.4. The maximum absolute atomic E-state index is 2.53. The van der Waals surface area contributed by atoms with Gasteiger partial charge in [0.05, 0.1) is 5.69 Å². The molecule has 0 spiro atoms. The van der Waals surface area contributed by atoms with Gasteiger partial charge in [-0.3, -0.25) is 0 Å². The molecule has 0 N–H and O–H groups in total. The summed E-state index contributed by atoms with van der Waals surface area (Å²) in [6, 6.07) is 75.7. The summed E-state index contributed by atoms with van der Waals surface area (Å²) in [4.78, 5) is 2.53. The number of hydrogen-bond acceptors (Lipinski definition) is 1. The largest absolute Gasteiger partial charge is 0.310 e. The molecule has 1 fully saturated rings. The molecule has 1 atom stereocenters. The Balaban J connectivity index is 1.07. The second-order valence-electron chi connectivity index (χ2n) is 19.2. The highest BCUT2D eigenvalue weighted by molar-refractivity contribution is 6.04. The van der Waals surface area contributed by atoms with Gasteiger partial charge >= 0.3 is 0 Å². The first-order chi connectivity index (χ1) is 31.4. The number of rotatable bonds is 7. The molecule has 3 aliphatic carbocycles. The lowest BCUT2D eigenvalue weighted by Crippen LogP contribution is -2.22. The maximum Gasteiger partial charge on any atom is 0.0540 e. The van der Waals surface area contributed by atoms with E-state index in [1.54, 1.807) is 0 Å². The van der Waals surface area contributed by atoms with Crippen LogP contribution in [0.15, 0.2) is 200 Å². The van der Waals surface area contributed by atoms with Crippen LogP contribution in [0.1, 0.15) is 92.2 Å². The number of benzene rings is 9. The second-order valence-corrected chi connectivity index (χ2v) is 19.2. The summed E-state index contributed by atoms with van der Waals surface area (Å²) in [6.45, 7) is 7.15. The lowest BCUT2D eigenvalue weighted by Gasteiger charge is -2.32. The van der Waals surface area contributed by atoms with Crippen molar-refractivity contribution in [1.82, 2.24) is 0 Å². The molecule has 0 aromatic heterocycles. The van der Waals surface area contributed by atoms with Crippen molar-refractivity contribution in [2.75, 3.05) is 4.90 Å². The quantitative estimate of drug-likeness (QED) is 0.155. The van der Waals surface area contributed by atoms with E-state index < -0.39 is 0 Å². The fourth-order valence-corrected chi connectivity index (χ4v) is 12.2. The van der Waals surface area contributed by atoms with Crippen LogP contribution in [0.25, 0.3) is 55.3 Å². The van der Waals surface area contributed by atoms with Gasteiger partial charge in [0, 0.05) is 27.8 Å². The van der Waals surface area contributed by atoms with E-state index in [-0.39, 0.29) is 10.8 Å². The minimum Gasteiger partial charge on any atom is -0.310 e. The molecule has 12 rings (SSSR count). The normalized spacial score (nSPS) is 17.1. The Kier molecular flexibility index (Phi) is 9.13. The van der Waals surface area contributed by atoms with Crippen LogP contribution in [-0.4, -0.2) is 0 Å². The van der Waals surface area contributed by atoms with Gasteiger partial charge < -0.3 is 4.90 Å². The molecule has 0 saturated heterocycles. The molecular weight excluding hydrogens is 771 g/mol. The van der Waals surface area contributed by atoms with Crippen molar-refractivity contribution in [2.24, 2.45) is 0 Å². The molecule has 1 nitrogen and oxygen atoms in total. The third-order valence-electron chi connectivity index (χ3n) is 15.4. The van der Waals surface area contributed by atoms with Crippen LogP contribution in [0.4, 0.5) is 17.1 Å². The van der Waals surface area contributed by atoms with E-state index in [1.165, 1.54) is 126 Å². The summed E-state index contributed by atoms with van der Waals surface area (Å²) < 4.78 is 0. The minimum atomic E-state index is -0.319. The van der Waals surface area contributed by atoms with Crippen LogP contribution in [0, 0.1) is 0 Å². The van der Waals surface area contributed by atoms with Gasteiger partial charge in [-0.1, -0.05) is 203 Å². The Bertz CT molecular complexity index is 3230. The zero-order valence-corrected chi connectivity index (χ0v) is 37.1. The first-order valence-corrected chi connectivity index (χ1v) is 23.5. The van der Waals surface area contributed by atoms with Gasteiger partial charge in [-0.25, -0.2) is 0 Å². The molecule has 0 bridgehead atoms. The van der Waals surface area contributed by atoms with E-state index in [0.717, 1.165) is 11.4 Å². The summed E-state index contributed by atoms with van der Waals surface area (Å²) in [6.07, 6.45) is 6.49. The van der Waals surface area contributed by atoms with E-state index in [9.17, 15) is 0 Å². The summed E-state index contributed by atoms with van der Waals surface area (Å²) in [7, 11) is 0. The first-order valence-electron chi connectivity index (χ1n) is 23.5. The molecule has 1 saturated carbocycles. The van der Waals surface area contributed by atoms with Gasteiger partial charge in [0.2, 0.25) is 0 Å². The van der Waals surface area contributed by atoms with Crippen LogP contribution in [0.5, 0.6) is 0 Å². The van der Waals surface area contributed by atoms with Crippen molar-refractivity contribution in [1.29, 1.82) is 0 Å². The number of hydrogen-bond donors (Lipinski definition) is 0. The molecule has 0 radical (unpaired) electrons. The van der Waals surface area contributed by atoms with Gasteiger partial charge in [-0.05, 0) is 139 Å². The van der Waals surface area contributed by atoms with E-state index in [2.05, 4.69) is 226 Å². The van der Waals surface area contributed by atoms with Gasteiger partial charge in [-0.15, -0.1) is 0 Å². The van der Waals surface area contributed by atoms with Crippen molar-refractivity contribution in [2.45, 2.75) is 69.6 Å². The van der Waals surface area contributed by atoms with Crippen LogP contribution < -0.4 is 4.90 Å². The van der Waals surface area contributed by atoms with Crippen molar-refractivity contribution in [3.05, 3.63) is 234 Å². The zero-order chi connectivity index (χ0) is 43.0. The molecule has 0 aliphatic heterocycles. The highest BCUT2D eigenvalue weighted by Crippen LogP contribution is 2.56. The lowest BCUT2D eigenvalue weighted by atomic mass is 9.74. The zero-order valence-electron chi connectivity index (χ0n) is 37.1. The molecule has 0 amide bonds. The third kappa shape index (κ3) is 5.90. The fraction of sp³-hybridized carbons (Fsp3) is 0.175. The number of nitrogens with zero attached hydrogens (tertiary/aromatic N) is 1. The molecule has 3 aliphatic rings. The molecular formula is C63H53N. The van der Waals surface area contributed by atoms with Crippen LogP contribution in [-0.2, 0) is 10.8 Å². The van der Waals surface area contributed by atoms with Gasteiger partial charge in [-0.2, -0.15) is 0 Å². The van der Waals surface area contributed by atoms with Crippen molar-refractivity contribution in [3.8, 4) is 44.5 Å². The van der Waals surface area contributed by atoms with Gasteiger partial charge in [0.1, 0.15) is 0 Å². The average molecular weight is 824 g/mol. The van der Waals surface area contributed by atoms with Crippen LogP contribution >= 0.6 is 0 Å². The minimum absolute atomic E-state index is 0.0532. The molecule has 1 heteroatoms. The molecule has 0 heterocycles. The Labute approximate surface area is 378 Å². The summed E-state index contributed by atoms with van der Waals surface area (Å²) in [5.41, 5.74) is 21.8. The smallest absolute Gasteiger partial charge is 0.0540 e. The fourth-order valence-electron chi connectivity index (χ4n) is 12.2. The van der Waals surface area contributed by atoms with Crippen molar-refractivity contribution in [3.63, 3.8) is 0 Å². The Morgan fingerprint density at radius 1 is 0.422 bits per heavy atom. The molecule has 9 aromatic rings. The Hall–Kier alpha value is -6.96. The standard InChI is InChI=1S/C63H53N/c1-62(2)55-31-13-11-27-54(55)61-49(29-18-33-57(61)62)43-35-37-46(38-36-43)64(47-39-40-51-50-25-10-14-32-56(50)63(3,58(51)41-47)45-23-8-5-9-24-45)59-34-15-12-26-52(59)53-30-17-22-44-21-16-28-48(60(44)53)42-19-6-4-7-20-42/h5,8-18,21-42H,4,6-7,19-20H2,1-3H3. The topological polar surface area (TPSA) is 3.24 Å². The van der Waals surface area contributed by atoms with E-state index in [0.29, 0.717) is 5.92 Å². The first kappa shape index (κ1) is 38.7. The summed E-state index contributed by atoms with van der Waals surface area (Å²) in [5, 5.41) is 2.72. The monoisotopic (exact) mass is 823 g/mol. The molecule has 1 unspecified atom stereocenters. The second kappa shape index (κ2) is 15.1. The summed E-state index contributed by atoms with van der Waals surface area (Å²) >= 11 is 0. The predicted molar refractivity (Wildman–Crippen MR) is 270 cm³/mol. The lowest BCUT2D eigenvalue weighted by molar-refractivity contribution is 0.445. The van der Waals surface area contributed by atoms with Gasteiger partial charge in [0.25, 0.3) is 0 Å². The van der Waals surface area contributed by atoms with E-state index >= 15 is 0 Å². The highest BCUT2D eigenvalue weighted by atomic mass is 15.1. The number of para-hydroxylation sites is 1. The average Bonchev–Trinajstić information content (AvgIpc) is 3.76. The maximum atomic E-state index is 2.53. The molecule has 64 heavy (non-hydrogen) atoms. The Morgan fingerprint density at radius 3 is 1.81 bits per heavy atom. The number of fused-ring (bicyclic) bond motifs is 7. The predicted octanol–water partition coefficient (Wildman–Crippen LogP) is 17.3.